The van der Waals surface area contributed by atoms with Crippen molar-refractivity contribution in [1.29, 1.82) is 0 Å². The summed E-state index contributed by atoms with van der Waals surface area (Å²) in [5.41, 5.74) is 0.990. The van der Waals surface area contributed by atoms with Gasteiger partial charge in [-0.1, -0.05) is 24.3 Å². The van der Waals surface area contributed by atoms with Crippen molar-refractivity contribution in [2.45, 2.75) is 24.8 Å². The van der Waals surface area contributed by atoms with E-state index in [2.05, 4.69) is 5.32 Å². The highest BCUT2D eigenvalue weighted by Crippen LogP contribution is 2.41. The van der Waals surface area contributed by atoms with Crippen LogP contribution in [0.15, 0.2) is 36.4 Å². The van der Waals surface area contributed by atoms with Crippen molar-refractivity contribution in [3.05, 3.63) is 53.1 Å². The minimum absolute atomic E-state index is 0.250. The molecule has 8 nitrogen and oxygen atoms in total. The predicted molar refractivity (Wildman–Crippen MR) is 112 cm³/mol. The van der Waals surface area contributed by atoms with Crippen molar-refractivity contribution < 1.29 is 28.6 Å². The van der Waals surface area contributed by atoms with Gasteiger partial charge in [0, 0.05) is 5.56 Å². The third kappa shape index (κ3) is 3.28. The number of benzene rings is 2. The first-order valence-corrected chi connectivity index (χ1v) is 10.0. The Morgan fingerprint density at radius 2 is 1.74 bits per heavy atom. The van der Waals surface area contributed by atoms with Gasteiger partial charge in [0.2, 0.25) is 5.75 Å². The first kappa shape index (κ1) is 20.7. The second-order valence-corrected chi connectivity index (χ2v) is 7.57. The van der Waals surface area contributed by atoms with Gasteiger partial charge in [0.05, 0.1) is 27.9 Å². The van der Waals surface area contributed by atoms with Crippen LogP contribution in [0.3, 0.4) is 0 Å². The average molecular weight is 424 g/mol. The van der Waals surface area contributed by atoms with Crippen LogP contribution in [0.2, 0.25) is 0 Å². The summed E-state index contributed by atoms with van der Waals surface area (Å²) in [5.74, 6) is 0.184. The Morgan fingerprint density at radius 1 is 1.06 bits per heavy atom. The zero-order valence-electron chi connectivity index (χ0n) is 17.7. The number of aryl methyl sites for hydroxylation is 1. The Hall–Kier alpha value is -3.55. The van der Waals surface area contributed by atoms with Crippen LogP contribution < -0.4 is 19.5 Å². The number of hydrogen-bond donors (Lipinski definition) is 1. The number of carbonyl (C=O) groups is 3. The van der Waals surface area contributed by atoms with Crippen LogP contribution in [-0.4, -0.2) is 50.5 Å². The van der Waals surface area contributed by atoms with E-state index in [-0.39, 0.29) is 12.1 Å². The fourth-order valence-corrected chi connectivity index (χ4v) is 4.43. The van der Waals surface area contributed by atoms with Gasteiger partial charge in [-0.25, -0.2) is 4.79 Å². The summed E-state index contributed by atoms with van der Waals surface area (Å²) in [6.45, 7) is -0.382. The van der Waals surface area contributed by atoms with Gasteiger partial charge < -0.3 is 19.5 Å². The number of ketones is 1. The molecule has 1 atom stereocenters. The number of rotatable bonds is 6. The minimum atomic E-state index is -1.11. The Morgan fingerprint density at radius 3 is 2.39 bits per heavy atom. The lowest BCUT2D eigenvalue weighted by Crippen LogP contribution is -2.46. The quantitative estimate of drug-likeness (QED) is 0.566. The second kappa shape index (κ2) is 7.94. The fraction of sp³-hybridized carbons (Fsp3) is 0.348. The van der Waals surface area contributed by atoms with Gasteiger partial charge in [0.25, 0.3) is 5.91 Å². The highest BCUT2D eigenvalue weighted by molar-refractivity contribution is 6.11. The molecule has 1 heterocycles. The van der Waals surface area contributed by atoms with Crippen molar-refractivity contribution in [2.24, 2.45) is 0 Å². The smallest absolute Gasteiger partial charge is 0.325 e. The topological polar surface area (TPSA) is 94.2 Å². The van der Waals surface area contributed by atoms with Crippen LogP contribution in [0, 0.1) is 0 Å². The third-order valence-corrected chi connectivity index (χ3v) is 5.94. The lowest BCUT2D eigenvalue weighted by molar-refractivity contribution is -0.131. The maximum Gasteiger partial charge on any atom is 0.325 e. The third-order valence-electron chi connectivity index (χ3n) is 5.94. The number of methoxy groups -OCH3 is 3. The molecule has 2 aliphatic rings. The summed E-state index contributed by atoms with van der Waals surface area (Å²) in [4.78, 5) is 40.2. The van der Waals surface area contributed by atoms with Crippen LogP contribution in [0.25, 0.3) is 0 Å². The number of carbonyl (C=O) groups excluding carboxylic acids is 3. The molecule has 31 heavy (non-hydrogen) atoms. The Labute approximate surface area is 180 Å². The SMILES string of the molecule is COc1cc(C(=O)CN2C(=O)N[C@]3(CCCc4ccccc43)C2=O)cc(OC)c1OC. The predicted octanol–water partition coefficient (Wildman–Crippen LogP) is 2.68. The highest BCUT2D eigenvalue weighted by atomic mass is 16.5. The molecule has 162 valence electrons. The molecule has 0 bridgehead atoms. The van der Waals surface area contributed by atoms with Crippen LogP contribution >= 0.6 is 0 Å². The molecular formula is C23H24N2O6. The average Bonchev–Trinajstić information content (AvgIpc) is 3.02. The number of ether oxygens (including phenoxy) is 3. The minimum Gasteiger partial charge on any atom is -0.493 e. The van der Waals surface area contributed by atoms with E-state index < -0.39 is 23.3 Å². The first-order chi connectivity index (χ1) is 14.9. The molecule has 1 N–H and O–H groups in total. The van der Waals surface area contributed by atoms with E-state index in [1.54, 1.807) is 0 Å². The molecule has 1 spiro atoms. The van der Waals surface area contributed by atoms with E-state index >= 15 is 0 Å². The lowest BCUT2D eigenvalue weighted by Gasteiger charge is -2.33. The number of imide groups is 1. The van der Waals surface area contributed by atoms with E-state index in [0.717, 1.165) is 28.9 Å². The maximum atomic E-state index is 13.4. The number of hydrogen-bond acceptors (Lipinski definition) is 6. The molecule has 0 radical (unpaired) electrons. The zero-order chi connectivity index (χ0) is 22.2. The van der Waals surface area contributed by atoms with Crippen molar-refractivity contribution in [1.82, 2.24) is 10.2 Å². The lowest BCUT2D eigenvalue weighted by atomic mass is 9.76. The maximum absolute atomic E-state index is 13.4. The van der Waals surface area contributed by atoms with Gasteiger partial charge in [-0.05, 0) is 42.5 Å². The van der Waals surface area contributed by atoms with E-state index in [0.29, 0.717) is 23.7 Å². The standard InChI is InChI=1S/C23H24N2O6/c1-29-18-11-15(12-19(30-2)20(18)31-3)17(26)13-25-21(27)23(24-22(25)28)10-6-8-14-7-4-5-9-16(14)23/h4-5,7,9,11-12H,6,8,10,13H2,1-3H3,(H,24,28)/t23-/m0/s1. The zero-order valence-corrected chi connectivity index (χ0v) is 17.7. The Bertz CT molecular complexity index is 1040. The molecular weight excluding hydrogens is 400 g/mol. The molecule has 8 heteroatoms. The molecule has 0 unspecified atom stereocenters. The van der Waals surface area contributed by atoms with Gasteiger partial charge in [-0.3, -0.25) is 14.5 Å². The fourth-order valence-electron chi connectivity index (χ4n) is 4.43. The molecule has 1 aliphatic heterocycles. The monoisotopic (exact) mass is 424 g/mol. The van der Waals surface area contributed by atoms with Crippen LogP contribution in [-0.2, 0) is 16.8 Å². The van der Waals surface area contributed by atoms with Crippen LogP contribution in [0.1, 0.15) is 34.3 Å². The molecule has 4 rings (SSSR count). The molecule has 1 aliphatic carbocycles. The Balaban J connectivity index is 1.63. The number of urea groups is 1. The van der Waals surface area contributed by atoms with E-state index in [9.17, 15) is 14.4 Å². The molecule has 2 aromatic rings. The summed E-state index contributed by atoms with van der Waals surface area (Å²) in [6, 6.07) is 10.1. The van der Waals surface area contributed by atoms with Crippen molar-refractivity contribution in [3.8, 4) is 17.2 Å². The van der Waals surface area contributed by atoms with Crippen LogP contribution in [0.4, 0.5) is 4.79 Å². The van der Waals surface area contributed by atoms with Crippen molar-refractivity contribution in [2.75, 3.05) is 27.9 Å². The molecule has 3 amide bonds. The molecule has 1 fully saturated rings. The van der Waals surface area contributed by atoms with E-state index in [1.807, 2.05) is 24.3 Å². The summed E-state index contributed by atoms with van der Waals surface area (Å²) in [7, 11) is 4.37. The number of amides is 3. The van der Waals surface area contributed by atoms with Crippen LogP contribution in [0.5, 0.6) is 17.2 Å². The molecule has 1 saturated heterocycles. The van der Waals surface area contributed by atoms with Gasteiger partial charge in [0.15, 0.2) is 17.3 Å². The van der Waals surface area contributed by atoms with Gasteiger partial charge in [-0.15, -0.1) is 0 Å². The normalized spacial score (nSPS) is 19.8. The summed E-state index contributed by atoms with van der Waals surface area (Å²) < 4.78 is 15.9. The number of fused-ring (bicyclic) bond motifs is 2. The second-order valence-electron chi connectivity index (χ2n) is 7.57. The summed E-state index contributed by atoms with van der Waals surface area (Å²) in [5, 5.41) is 2.86. The molecule has 0 aromatic heterocycles. The van der Waals surface area contributed by atoms with Crippen molar-refractivity contribution >= 4 is 17.7 Å². The first-order valence-electron chi connectivity index (χ1n) is 10.0. The largest absolute Gasteiger partial charge is 0.493 e. The van der Waals surface area contributed by atoms with Gasteiger partial charge >= 0.3 is 6.03 Å². The van der Waals surface area contributed by atoms with E-state index in [1.165, 1.54) is 33.5 Å². The van der Waals surface area contributed by atoms with Gasteiger partial charge in [-0.2, -0.15) is 0 Å². The Kier molecular flexibility index (Phi) is 5.31. The van der Waals surface area contributed by atoms with Crippen molar-refractivity contribution in [3.63, 3.8) is 0 Å². The summed E-state index contributed by atoms with van der Waals surface area (Å²) >= 11 is 0. The summed E-state index contributed by atoms with van der Waals surface area (Å²) in [6.07, 6.45) is 2.13. The number of nitrogens with zero attached hydrogens (tertiary/aromatic N) is 1. The molecule has 0 saturated carbocycles. The highest BCUT2D eigenvalue weighted by Gasteiger charge is 2.54. The van der Waals surface area contributed by atoms with Gasteiger partial charge in [0.1, 0.15) is 5.54 Å². The molecule has 2 aromatic carbocycles. The number of nitrogens with one attached hydrogen (secondary N) is 1. The number of Topliss-reactive ketones (excluding diaryl/α,β-unsaturated/α-hetero) is 1. The van der Waals surface area contributed by atoms with E-state index in [4.69, 9.17) is 14.2 Å².